The van der Waals surface area contributed by atoms with E-state index in [1.54, 1.807) is 0 Å². The number of hydrogen-bond donors (Lipinski definition) is 1. The molecule has 0 fully saturated rings. The first kappa shape index (κ1) is 15.7. The molecule has 5 heteroatoms. The van der Waals surface area contributed by atoms with Gasteiger partial charge >= 0.3 is 6.18 Å². The van der Waals surface area contributed by atoms with Gasteiger partial charge in [-0.1, -0.05) is 20.8 Å². The van der Waals surface area contributed by atoms with Gasteiger partial charge in [-0.15, -0.1) is 0 Å². The lowest BCUT2D eigenvalue weighted by molar-refractivity contribution is -0.149. The van der Waals surface area contributed by atoms with Crippen LogP contribution >= 0.6 is 0 Å². The second-order valence-corrected chi connectivity index (χ2v) is 4.32. The largest absolute Gasteiger partial charge is 0.391 e. The highest BCUT2D eigenvalue weighted by Gasteiger charge is 2.26. The molecule has 0 spiro atoms. The van der Waals surface area contributed by atoms with Gasteiger partial charge in [-0.25, -0.2) is 0 Å². The Morgan fingerprint density at radius 1 is 1.19 bits per heavy atom. The van der Waals surface area contributed by atoms with Crippen molar-refractivity contribution in [3.63, 3.8) is 0 Å². The van der Waals surface area contributed by atoms with E-state index in [0.29, 0.717) is 12.5 Å². The number of ether oxygens (including phenoxy) is 1. The van der Waals surface area contributed by atoms with Gasteiger partial charge in [0.15, 0.2) is 0 Å². The van der Waals surface area contributed by atoms with Crippen LogP contribution in [-0.2, 0) is 4.74 Å². The minimum atomic E-state index is -4.12. The van der Waals surface area contributed by atoms with E-state index in [-0.39, 0.29) is 12.7 Å². The number of rotatable bonds is 8. The van der Waals surface area contributed by atoms with Crippen molar-refractivity contribution in [2.45, 2.75) is 45.9 Å². The highest BCUT2D eigenvalue weighted by molar-refractivity contribution is 4.61. The number of halogens is 3. The third kappa shape index (κ3) is 10.2. The van der Waals surface area contributed by atoms with Crippen molar-refractivity contribution in [1.29, 1.82) is 0 Å². The monoisotopic (exact) mass is 241 g/mol. The zero-order valence-corrected chi connectivity index (χ0v) is 10.2. The number of alkyl halides is 3. The average Bonchev–Trinajstić information content (AvgIpc) is 2.13. The standard InChI is InChI=1S/C11H22F3NO/c1-4-10(8-15-7-9(2)3)16-6-5-11(12,13)14/h9-10,15H,4-8H2,1-3H3. The average molecular weight is 241 g/mol. The predicted molar refractivity (Wildman–Crippen MR) is 58.4 cm³/mol. The molecule has 0 aromatic rings. The molecule has 0 aromatic carbocycles. The van der Waals surface area contributed by atoms with Gasteiger partial charge in [0.25, 0.3) is 0 Å². The first-order chi connectivity index (χ1) is 7.35. The van der Waals surface area contributed by atoms with E-state index < -0.39 is 12.6 Å². The third-order valence-electron chi connectivity index (χ3n) is 2.12. The number of hydrogen-bond acceptors (Lipinski definition) is 2. The molecule has 1 atom stereocenters. The van der Waals surface area contributed by atoms with E-state index in [9.17, 15) is 13.2 Å². The van der Waals surface area contributed by atoms with E-state index in [0.717, 1.165) is 13.0 Å². The van der Waals surface area contributed by atoms with Crippen molar-refractivity contribution in [3.05, 3.63) is 0 Å². The lowest BCUT2D eigenvalue weighted by atomic mass is 10.2. The van der Waals surface area contributed by atoms with Gasteiger partial charge in [0.2, 0.25) is 0 Å². The normalized spacial score (nSPS) is 14.4. The van der Waals surface area contributed by atoms with Crippen molar-refractivity contribution in [2.75, 3.05) is 19.7 Å². The van der Waals surface area contributed by atoms with Gasteiger partial charge in [-0.3, -0.25) is 0 Å². The fourth-order valence-electron chi connectivity index (χ4n) is 1.20. The molecule has 0 aromatic heterocycles. The molecule has 98 valence electrons. The first-order valence-electron chi connectivity index (χ1n) is 5.74. The maximum atomic E-state index is 11.9. The van der Waals surface area contributed by atoms with Crippen LogP contribution in [0.2, 0.25) is 0 Å². The molecule has 0 aliphatic rings. The van der Waals surface area contributed by atoms with E-state index in [2.05, 4.69) is 19.2 Å². The van der Waals surface area contributed by atoms with E-state index >= 15 is 0 Å². The van der Waals surface area contributed by atoms with Crippen LogP contribution in [-0.4, -0.2) is 32.0 Å². The van der Waals surface area contributed by atoms with Crippen LogP contribution in [0.4, 0.5) is 13.2 Å². The Bertz CT molecular complexity index is 171. The quantitative estimate of drug-likeness (QED) is 0.705. The van der Waals surface area contributed by atoms with Crippen molar-refractivity contribution in [3.8, 4) is 0 Å². The molecule has 1 N–H and O–H groups in total. The summed E-state index contributed by atoms with van der Waals surface area (Å²) >= 11 is 0. The molecular formula is C11H22F3NO. The molecule has 0 aliphatic carbocycles. The van der Waals surface area contributed by atoms with Crippen LogP contribution in [0.5, 0.6) is 0 Å². The minimum Gasteiger partial charge on any atom is -0.377 e. The summed E-state index contributed by atoms with van der Waals surface area (Å²) in [5, 5.41) is 3.18. The van der Waals surface area contributed by atoms with Crippen molar-refractivity contribution < 1.29 is 17.9 Å². The highest BCUT2D eigenvalue weighted by Crippen LogP contribution is 2.19. The summed E-state index contributed by atoms with van der Waals surface area (Å²) in [5.74, 6) is 0.535. The smallest absolute Gasteiger partial charge is 0.377 e. The van der Waals surface area contributed by atoms with Gasteiger partial charge < -0.3 is 10.1 Å². The van der Waals surface area contributed by atoms with Gasteiger partial charge in [0.05, 0.1) is 19.1 Å². The molecule has 16 heavy (non-hydrogen) atoms. The van der Waals surface area contributed by atoms with Gasteiger partial charge in [-0.05, 0) is 18.9 Å². The summed E-state index contributed by atoms with van der Waals surface area (Å²) in [6, 6.07) is 0. The minimum absolute atomic E-state index is 0.124. The van der Waals surface area contributed by atoms with Crippen LogP contribution in [0.25, 0.3) is 0 Å². The molecule has 0 radical (unpaired) electrons. The Morgan fingerprint density at radius 3 is 2.25 bits per heavy atom. The fourth-order valence-corrected chi connectivity index (χ4v) is 1.20. The summed E-state index contributed by atoms with van der Waals surface area (Å²) < 4.78 is 40.8. The van der Waals surface area contributed by atoms with Crippen LogP contribution in [0.1, 0.15) is 33.6 Å². The Kier molecular flexibility index (Phi) is 7.76. The van der Waals surface area contributed by atoms with Gasteiger partial charge in [0.1, 0.15) is 0 Å². The summed E-state index contributed by atoms with van der Waals surface area (Å²) in [6.07, 6.45) is -4.39. The lowest BCUT2D eigenvalue weighted by Gasteiger charge is -2.18. The van der Waals surface area contributed by atoms with Crippen LogP contribution in [0.3, 0.4) is 0 Å². The lowest BCUT2D eigenvalue weighted by Crippen LogP contribution is -2.32. The summed E-state index contributed by atoms with van der Waals surface area (Å²) in [7, 11) is 0. The number of nitrogens with one attached hydrogen (secondary N) is 1. The van der Waals surface area contributed by atoms with Crippen LogP contribution < -0.4 is 5.32 Å². The molecule has 0 saturated heterocycles. The third-order valence-corrected chi connectivity index (χ3v) is 2.12. The maximum Gasteiger partial charge on any atom is 0.391 e. The molecule has 0 amide bonds. The van der Waals surface area contributed by atoms with Crippen LogP contribution in [0, 0.1) is 5.92 Å². The molecule has 0 heterocycles. The predicted octanol–water partition coefficient (Wildman–Crippen LogP) is 2.98. The fraction of sp³-hybridized carbons (Fsp3) is 1.00. The first-order valence-corrected chi connectivity index (χ1v) is 5.74. The molecule has 0 aliphatic heterocycles. The van der Waals surface area contributed by atoms with Crippen molar-refractivity contribution in [2.24, 2.45) is 5.92 Å². The molecule has 0 bridgehead atoms. The van der Waals surface area contributed by atoms with Gasteiger partial charge in [0, 0.05) is 6.54 Å². The molecular weight excluding hydrogens is 219 g/mol. The summed E-state index contributed by atoms with van der Waals surface area (Å²) in [6.45, 7) is 7.31. The Balaban J connectivity index is 3.59. The molecule has 0 rings (SSSR count). The highest BCUT2D eigenvalue weighted by atomic mass is 19.4. The van der Waals surface area contributed by atoms with Crippen molar-refractivity contribution >= 4 is 0 Å². The second kappa shape index (κ2) is 7.90. The maximum absolute atomic E-state index is 11.9. The molecule has 0 saturated carbocycles. The topological polar surface area (TPSA) is 21.3 Å². The Labute approximate surface area is 95.5 Å². The summed E-state index contributed by atoms with van der Waals surface area (Å²) in [4.78, 5) is 0. The van der Waals surface area contributed by atoms with Crippen molar-refractivity contribution in [1.82, 2.24) is 5.32 Å². The van der Waals surface area contributed by atoms with Crippen LogP contribution in [0.15, 0.2) is 0 Å². The SMILES string of the molecule is CCC(CNCC(C)C)OCCC(F)(F)F. The van der Waals surface area contributed by atoms with E-state index in [4.69, 9.17) is 4.74 Å². The molecule has 1 unspecified atom stereocenters. The zero-order chi connectivity index (χ0) is 12.6. The Morgan fingerprint density at radius 2 is 1.81 bits per heavy atom. The van der Waals surface area contributed by atoms with E-state index in [1.807, 2.05) is 6.92 Å². The Hall–Kier alpha value is -0.290. The molecule has 2 nitrogen and oxygen atoms in total. The second-order valence-electron chi connectivity index (χ2n) is 4.32. The zero-order valence-electron chi connectivity index (χ0n) is 10.2. The van der Waals surface area contributed by atoms with E-state index in [1.165, 1.54) is 0 Å². The summed E-state index contributed by atoms with van der Waals surface area (Å²) in [5.41, 5.74) is 0. The van der Waals surface area contributed by atoms with Gasteiger partial charge in [-0.2, -0.15) is 13.2 Å².